The summed E-state index contributed by atoms with van der Waals surface area (Å²) in [6.07, 6.45) is 1.70. The van der Waals surface area contributed by atoms with Crippen LogP contribution in [0.15, 0.2) is 29.4 Å². The lowest BCUT2D eigenvalue weighted by Crippen LogP contribution is -2.22. The minimum Gasteiger partial charge on any atom is -0.253 e. The predicted molar refractivity (Wildman–Crippen MR) is 63.7 cm³/mol. The topological polar surface area (TPSA) is 30.0 Å². The lowest BCUT2D eigenvalue weighted by atomic mass is 10.5. The van der Waals surface area contributed by atoms with Gasteiger partial charge >= 0.3 is 0 Å². The smallest absolute Gasteiger partial charge is 0.127 e. The second-order valence-electron chi connectivity index (χ2n) is 4.53. The Hall–Kier alpha value is -0.483. The van der Waals surface area contributed by atoms with E-state index in [0.29, 0.717) is 5.03 Å². The van der Waals surface area contributed by atoms with Gasteiger partial charge in [-0.1, -0.05) is 25.7 Å². The fraction of sp³-hybridized carbons (Fsp3) is 0.500. The largest absolute Gasteiger partial charge is 0.253 e. The Labute approximate surface area is 89.2 Å². The molecule has 0 spiro atoms. The van der Waals surface area contributed by atoms with Gasteiger partial charge in [-0.3, -0.25) is 4.21 Å². The van der Waals surface area contributed by atoms with Crippen molar-refractivity contribution < 1.29 is 4.21 Å². The highest BCUT2D eigenvalue weighted by Crippen LogP contribution is 2.11. The lowest BCUT2D eigenvalue weighted by Gasteiger charge is -2.14. The van der Waals surface area contributed by atoms with Gasteiger partial charge in [-0.25, -0.2) is 4.98 Å². The maximum Gasteiger partial charge on any atom is 0.127 e. The van der Waals surface area contributed by atoms with Crippen molar-refractivity contribution in [3.8, 4) is 0 Å². The minimum absolute atomic E-state index is 0.714. The molecule has 4 heteroatoms. The average molecular weight is 227 g/mol. The Balaban J connectivity index is 2.52. The SMILES string of the molecule is C[Si](C)(C)CC[S@](=O)c1ccccn1. The van der Waals surface area contributed by atoms with Crippen molar-refractivity contribution in [1.82, 2.24) is 4.98 Å². The van der Waals surface area contributed by atoms with E-state index in [1.165, 1.54) is 0 Å². The van der Waals surface area contributed by atoms with Crippen molar-refractivity contribution in [1.29, 1.82) is 0 Å². The third kappa shape index (κ3) is 4.15. The van der Waals surface area contributed by atoms with E-state index in [0.717, 1.165) is 11.8 Å². The van der Waals surface area contributed by atoms with Crippen LogP contribution in [0.3, 0.4) is 0 Å². The molecule has 0 unspecified atom stereocenters. The summed E-state index contributed by atoms with van der Waals surface area (Å²) in [4.78, 5) is 4.09. The van der Waals surface area contributed by atoms with Crippen LogP contribution in [0.5, 0.6) is 0 Å². The van der Waals surface area contributed by atoms with Gasteiger partial charge in [0.15, 0.2) is 0 Å². The molecule has 0 aliphatic rings. The van der Waals surface area contributed by atoms with Gasteiger partial charge in [0.2, 0.25) is 0 Å². The van der Waals surface area contributed by atoms with E-state index in [4.69, 9.17) is 0 Å². The molecule has 1 atom stereocenters. The van der Waals surface area contributed by atoms with Crippen LogP contribution >= 0.6 is 0 Å². The van der Waals surface area contributed by atoms with Crippen molar-refractivity contribution in [2.45, 2.75) is 30.7 Å². The minimum atomic E-state index is -1.07. The van der Waals surface area contributed by atoms with Crippen molar-refractivity contribution in [2.75, 3.05) is 5.75 Å². The van der Waals surface area contributed by atoms with Crippen molar-refractivity contribution in [3.05, 3.63) is 24.4 Å². The Kier molecular flexibility index (Phi) is 4.01. The highest BCUT2D eigenvalue weighted by Gasteiger charge is 2.15. The molecule has 0 aliphatic heterocycles. The van der Waals surface area contributed by atoms with Gasteiger partial charge in [0.05, 0.1) is 10.8 Å². The first kappa shape index (κ1) is 11.6. The summed E-state index contributed by atoms with van der Waals surface area (Å²) in [6.45, 7) is 6.88. The van der Waals surface area contributed by atoms with Crippen LogP contribution in [0.25, 0.3) is 0 Å². The number of aromatic nitrogens is 1. The van der Waals surface area contributed by atoms with Crippen LogP contribution in [0, 0.1) is 0 Å². The van der Waals surface area contributed by atoms with E-state index >= 15 is 0 Å². The summed E-state index contributed by atoms with van der Waals surface area (Å²) in [5, 5.41) is 0.714. The third-order valence-electron chi connectivity index (χ3n) is 1.91. The molecular weight excluding hydrogens is 210 g/mol. The van der Waals surface area contributed by atoms with Gasteiger partial charge in [-0.2, -0.15) is 0 Å². The Morgan fingerprint density at radius 1 is 1.36 bits per heavy atom. The molecule has 0 amide bonds. The number of rotatable bonds is 4. The zero-order valence-electron chi connectivity index (χ0n) is 8.99. The Bertz CT molecular complexity index is 308. The van der Waals surface area contributed by atoms with Crippen molar-refractivity contribution in [2.24, 2.45) is 0 Å². The van der Waals surface area contributed by atoms with E-state index in [1.807, 2.05) is 18.2 Å². The standard InChI is InChI=1S/C10H17NOSSi/c1-14(2,3)9-8-13(12)10-6-4-5-7-11-10/h4-7H,8-9H2,1-3H3/t13-/m0/s1. The first-order chi connectivity index (χ1) is 6.49. The predicted octanol–water partition coefficient (Wildman–Crippen LogP) is 2.53. The molecule has 1 heterocycles. The molecule has 2 nitrogen and oxygen atoms in total. The van der Waals surface area contributed by atoms with Crippen LogP contribution in [0.2, 0.25) is 25.7 Å². The highest BCUT2D eigenvalue weighted by atomic mass is 32.2. The third-order valence-corrected chi connectivity index (χ3v) is 5.30. The molecule has 1 rings (SSSR count). The molecule has 0 aromatic carbocycles. The van der Waals surface area contributed by atoms with E-state index in [-0.39, 0.29) is 0 Å². The molecule has 0 saturated carbocycles. The molecule has 14 heavy (non-hydrogen) atoms. The molecule has 0 fully saturated rings. The second-order valence-corrected chi connectivity index (χ2v) is 11.7. The maximum absolute atomic E-state index is 11.8. The summed E-state index contributed by atoms with van der Waals surface area (Å²) in [6, 6.07) is 6.66. The molecular formula is C10H17NOSSi. The van der Waals surface area contributed by atoms with Crippen LogP contribution in [-0.4, -0.2) is 23.0 Å². The molecule has 0 radical (unpaired) electrons. The van der Waals surface area contributed by atoms with E-state index in [2.05, 4.69) is 24.6 Å². The molecule has 0 saturated heterocycles. The summed E-state index contributed by atoms with van der Waals surface area (Å²) in [5.41, 5.74) is 0. The van der Waals surface area contributed by atoms with Gasteiger partial charge in [0.1, 0.15) is 5.03 Å². The molecule has 0 aliphatic carbocycles. The monoisotopic (exact) mass is 227 g/mol. The van der Waals surface area contributed by atoms with Crippen LogP contribution in [0.4, 0.5) is 0 Å². The highest BCUT2D eigenvalue weighted by molar-refractivity contribution is 7.85. The molecule has 78 valence electrons. The number of nitrogens with zero attached hydrogens (tertiary/aromatic N) is 1. The van der Waals surface area contributed by atoms with Crippen LogP contribution < -0.4 is 0 Å². The summed E-state index contributed by atoms with van der Waals surface area (Å²) < 4.78 is 11.8. The van der Waals surface area contributed by atoms with Gasteiger partial charge in [0.25, 0.3) is 0 Å². The lowest BCUT2D eigenvalue weighted by molar-refractivity contribution is 0.681. The average Bonchev–Trinajstić information content (AvgIpc) is 2.14. The Morgan fingerprint density at radius 2 is 2.07 bits per heavy atom. The van der Waals surface area contributed by atoms with Crippen LogP contribution in [-0.2, 0) is 10.8 Å². The van der Waals surface area contributed by atoms with Crippen LogP contribution in [0.1, 0.15) is 0 Å². The van der Waals surface area contributed by atoms with Gasteiger partial charge < -0.3 is 0 Å². The molecule has 1 aromatic heterocycles. The second kappa shape index (κ2) is 4.84. The van der Waals surface area contributed by atoms with Gasteiger partial charge in [-0.05, 0) is 18.2 Å². The number of pyridine rings is 1. The zero-order valence-corrected chi connectivity index (χ0v) is 10.8. The summed E-state index contributed by atoms with van der Waals surface area (Å²) in [7, 11) is -1.98. The van der Waals surface area contributed by atoms with Gasteiger partial charge in [-0.15, -0.1) is 0 Å². The zero-order chi connectivity index (χ0) is 10.6. The molecule has 0 N–H and O–H groups in total. The normalized spacial score (nSPS) is 13.9. The summed E-state index contributed by atoms with van der Waals surface area (Å²) >= 11 is 0. The quantitative estimate of drug-likeness (QED) is 0.740. The number of hydrogen-bond donors (Lipinski definition) is 0. The van der Waals surface area contributed by atoms with E-state index < -0.39 is 18.9 Å². The molecule has 1 aromatic rings. The molecule has 0 bridgehead atoms. The first-order valence-electron chi connectivity index (χ1n) is 4.78. The Morgan fingerprint density at radius 3 is 2.57 bits per heavy atom. The van der Waals surface area contributed by atoms with Crippen molar-refractivity contribution >= 4 is 18.9 Å². The fourth-order valence-electron chi connectivity index (χ4n) is 0.985. The number of hydrogen-bond acceptors (Lipinski definition) is 2. The van der Waals surface area contributed by atoms with Gasteiger partial charge in [0, 0.05) is 20.0 Å². The fourth-order valence-corrected chi connectivity index (χ4v) is 4.79. The maximum atomic E-state index is 11.8. The summed E-state index contributed by atoms with van der Waals surface area (Å²) in [5.74, 6) is 0.757. The first-order valence-corrected chi connectivity index (χ1v) is 9.81. The van der Waals surface area contributed by atoms with E-state index in [1.54, 1.807) is 6.20 Å². The van der Waals surface area contributed by atoms with Crippen molar-refractivity contribution in [3.63, 3.8) is 0 Å². The van der Waals surface area contributed by atoms with E-state index in [9.17, 15) is 4.21 Å².